The minimum absolute atomic E-state index is 0.0153. The average molecular weight is 631 g/mol. The summed E-state index contributed by atoms with van der Waals surface area (Å²) in [6.07, 6.45) is 0.364. The van der Waals surface area contributed by atoms with Crippen molar-refractivity contribution in [2.24, 2.45) is 5.11 Å². The van der Waals surface area contributed by atoms with Gasteiger partial charge in [-0.1, -0.05) is 33.6 Å². The largest absolute Gasteiger partial charge is 0.379 e. The van der Waals surface area contributed by atoms with Crippen LogP contribution in [0.3, 0.4) is 0 Å². The molecule has 0 saturated heterocycles. The molecule has 14 nitrogen and oxygen atoms in total. The fourth-order valence-corrected chi connectivity index (χ4v) is 4.21. The highest BCUT2D eigenvalue weighted by Gasteiger charge is 2.01. The first-order valence-corrected chi connectivity index (χ1v) is 16.5. The Morgan fingerprint density at radius 2 is 0.976 bits per heavy atom. The van der Waals surface area contributed by atoms with E-state index in [9.17, 15) is 4.79 Å². The van der Waals surface area contributed by atoms with Crippen LogP contribution in [0.2, 0.25) is 0 Å². The molecule has 0 aliphatic heterocycles. The van der Waals surface area contributed by atoms with Crippen LogP contribution >= 0.6 is 21.6 Å². The third-order valence-electron chi connectivity index (χ3n) is 4.56. The van der Waals surface area contributed by atoms with Crippen molar-refractivity contribution in [1.29, 1.82) is 0 Å². The molecule has 0 radical (unpaired) electrons. The Kier molecular flexibility index (Phi) is 36.3. The lowest BCUT2D eigenvalue weighted by atomic mass is 10.4. The molecule has 0 aliphatic carbocycles. The summed E-state index contributed by atoms with van der Waals surface area (Å²) in [6, 6.07) is 0. The molecule has 0 rings (SSSR count). The predicted molar refractivity (Wildman–Crippen MR) is 160 cm³/mol. The monoisotopic (exact) mass is 630 g/mol. The van der Waals surface area contributed by atoms with Crippen molar-refractivity contribution in [2.45, 2.75) is 13.3 Å². The van der Waals surface area contributed by atoms with Gasteiger partial charge in [0, 0.05) is 35.9 Å². The Bertz CT molecular complexity index is 597. The van der Waals surface area contributed by atoms with Gasteiger partial charge in [0.15, 0.2) is 0 Å². The number of rotatable bonds is 35. The minimum atomic E-state index is 0.0153. The third kappa shape index (κ3) is 37.1. The molecule has 0 spiro atoms. The van der Waals surface area contributed by atoms with Gasteiger partial charge in [-0.15, -0.1) is 0 Å². The molecular formula is C25H50N4O10S2. The number of nitrogens with one attached hydrogen (secondary N) is 1. The normalized spacial score (nSPS) is 11.0. The Morgan fingerprint density at radius 3 is 1.34 bits per heavy atom. The van der Waals surface area contributed by atoms with Gasteiger partial charge in [-0.2, -0.15) is 0 Å². The fourth-order valence-electron chi connectivity index (χ4n) is 2.64. The van der Waals surface area contributed by atoms with Crippen molar-refractivity contribution in [1.82, 2.24) is 5.32 Å². The van der Waals surface area contributed by atoms with Crippen LogP contribution in [-0.4, -0.2) is 149 Å². The maximum atomic E-state index is 11.6. The van der Waals surface area contributed by atoms with E-state index < -0.39 is 0 Å². The number of hydrogen-bond donors (Lipinski definition) is 1. The highest BCUT2D eigenvalue weighted by molar-refractivity contribution is 8.76. The van der Waals surface area contributed by atoms with Gasteiger partial charge in [0.05, 0.1) is 119 Å². The number of ether oxygens (including phenoxy) is 9. The molecule has 1 N–H and O–H groups in total. The second-order valence-corrected chi connectivity index (χ2v) is 10.7. The Labute approximate surface area is 252 Å². The smallest absolute Gasteiger partial charge is 0.222 e. The summed E-state index contributed by atoms with van der Waals surface area (Å²) in [5, 5.41) is 6.24. The van der Waals surface area contributed by atoms with Crippen LogP contribution < -0.4 is 5.32 Å². The topological polar surface area (TPSA) is 161 Å². The Hall–Kier alpha value is -0.880. The highest BCUT2D eigenvalue weighted by Crippen LogP contribution is 2.18. The number of amides is 1. The van der Waals surface area contributed by atoms with E-state index >= 15 is 0 Å². The molecule has 0 aromatic carbocycles. The molecule has 0 heterocycles. The highest BCUT2D eigenvalue weighted by atomic mass is 33.1. The van der Waals surface area contributed by atoms with Crippen LogP contribution in [0.1, 0.15) is 13.3 Å². The molecule has 0 aromatic rings. The predicted octanol–water partition coefficient (Wildman–Crippen LogP) is 2.35. The lowest BCUT2D eigenvalue weighted by Crippen LogP contribution is -2.26. The van der Waals surface area contributed by atoms with E-state index in [4.69, 9.17) is 48.2 Å². The minimum Gasteiger partial charge on any atom is -0.379 e. The molecule has 1 amide bonds. The van der Waals surface area contributed by atoms with Crippen LogP contribution in [0.15, 0.2) is 5.11 Å². The van der Waals surface area contributed by atoms with Crippen molar-refractivity contribution >= 4 is 27.5 Å². The van der Waals surface area contributed by atoms with Crippen molar-refractivity contribution in [3.8, 4) is 0 Å². The van der Waals surface area contributed by atoms with Crippen molar-refractivity contribution < 1.29 is 47.4 Å². The van der Waals surface area contributed by atoms with Gasteiger partial charge in [0.25, 0.3) is 0 Å². The van der Waals surface area contributed by atoms with E-state index in [1.807, 2.05) is 0 Å². The van der Waals surface area contributed by atoms with Crippen LogP contribution in [0, 0.1) is 0 Å². The summed E-state index contributed by atoms with van der Waals surface area (Å²) in [4.78, 5) is 14.3. The summed E-state index contributed by atoms with van der Waals surface area (Å²) < 4.78 is 48.6. The van der Waals surface area contributed by atoms with Gasteiger partial charge in [0.1, 0.15) is 0 Å². The van der Waals surface area contributed by atoms with Crippen molar-refractivity contribution in [3.63, 3.8) is 0 Å². The van der Waals surface area contributed by atoms with E-state index in [1.165, 1.54) is 0 Å². The van der Waals surface area contributed by atoms with Gasteiger partial charge in [-0.05, 0) is 5.53 Å². The maximum Gasteiger partial charge on any atom is 0.222 e. The first-order chi connectivity index (χ1) is 20.3. The SMILES string of the molecule is CCSSCCNC(=O)CCOCCOCCOCCOCCOCCOCCOCCOCCOCCN=[N+]=[N-]. The van der Waals surface area contributed by atoms with Crippen LogP contribution in [0.5, 0.6) is 0 Å². The van der Waals surface area contributed by atoms with Gasteiger partial charge >= 0.3 is 0 Å². The number of carbonyl (C=O) groups is 1. The summed E-state index contributed by atoms with van der Waals surface area (Å²) in [5.41, 5.74) is 8.12. The molecule has 242 valence electrons. The summed E-state index contributed by atoms with van der Waals surface area (Å²) in [5.74, 6) is 2.00. The lowest BCUT2D eigenvalue weighted by Gasteiger charge is -2.09. The zero-order valence-electron chi connectivity index (χ0n) is 24.5. The van der Waals surface area contributed by atoms with Crippen molar-refractivity contribution in [2.75, 3.05) is 144 Å². The standard InChI is InChI=1S/C25H50N4O10S2/c1-2-40-41-24-5-27-25(30)3-6-31-8-10-33-12-14-35-16-18-37-20-22-39-23-21-38-19-17-36-15-13-34-11-9-32-7-4-28-29-26/h2-24H2,1H3,(H,27,30). The second kappa shape index (κ2) is 37.1. The summed E-state index contributed by atoms with van der Waals surface area (Å²) in [6.45, 7) is 11.7. The molecule has 0 aliphatic rings. The Morgan fingerprint density at radius 1 is 0.610 bits per heavy atom. The Balaban J connectivity index is 3.09. The molecule has 0 fully saturated rings. The quantitative estimate of drug-likeness (QED) is 0.0358. The van der Waals surface area contributed by atoms with Gasteiger partial charge in [-0.3, -0.25) is 4.79 Å². The summed E-state index contributed by atoms with van der Waals surface area (Å²) >= 11 is 0. The zero-order chi connectivity index (χ0) is 29.7. The van der Waals surface area contributed by atoms with E-state index in [2.05, 4.69) is 22.3 Å². The lowest BCUT2D eigenvalue weighted by molar-refractivity contribution is -0.122. The molecule has 16 heteroatoms. The third-order valence-corrected chi connectivity index (χ3v) is 7.04. The van der Waals surface area contributed by atoms with Gasteiger partial charge in [-0.25, -0.2) is 0 Å². The van der Waals surface area contributed by atoms with Gasteiger partial charge < -0.3 is 47.9 Å². The molecule has 41 heavy (non-hydrogen) atoms. The number of azide groups is 1. The number of carbonyl (C=O) groups excluding carboxylic acids is 1. The first kappa shape index (κ1) is 40.1. The van der Waals surface area contributed by atoms with E-state index in [0.29, 0.717) is 138 Å². The number of nitrogens with zero attached hydrogens (tertiary/aromatic N) is 3. The van der Waals surface area contributed by atoms with Gasteiger partial charge in [0.2, 0.25) is 5.91 Å². The average Bonchev–Trinajstić information content (AvgIpc) is 2.98. The zero-order valence-corrected chi connectivity index (χ0v) is 26.1. The van der Waals surface area contributed by atoms with E-state index in [0.717, 1.165) is 11.5 Å². The molecular weight excluding hydrogens is 580 g/mol. The van der Waals surface area contributed by atoms with E-state index in [-0.39, 0.29) is 5.91 Å². The number of hydrogen-bond acceptors (Lipinski definition) is 13. The molecule has 0 unspecified atom stereocenters. The molecule has 0 bridgehead atoms. The fraction of sp³-hybridized carbons (Fsp3) is 0.960. The van der Waals surface area contributed by atoms with Crippen LogP contribution in [0.4, 0.5) is 0 Å². The molecule has 0 saturated carbocycles. The van der Waals surface area contributed by atoms with Crippen molar-refractivity contribution in [3.05, 3.63) is 10.4 Å². The van der Waals surface area contributed by atoms with E-state index in [1.54, 1.807) is 21.6 Å². The second-order valence-electron chi connectivity index (χ2n) is 7.79. The first-order valence-electron chi connectivity index (χ1n) is 14.0. The van der Waals surface area contributed by atoms with Crippen LogP contribution in [0.25, 0.3) is 10.4 Å². The maximum absolute atomic E-state index is 11.6. The summed E-state index contributed by atoms with van der Waals surface area (Å²) in [7, 11) is 3.56. The van der Waals surface area contributed by atoms with Crippen LogP contribution in [-0.2, 0) is 47.4 Å². The molecule has 0 aromatic heterocycles. The molecule has 0 atom stereocenters.